The van der Waals surface area contributed by atoms with Gasteiger partial charge in [0.25, 0.3) is 15.9 Å². The maximum atomic E-state index is 12.1. The summed E-state index contributed by atoms with van der Waals surface area (Å²) in [5.74, 6) is -1.35. The van der Waals surface area contributed by atoms with Crippen molar-refractivity contribution >= 4 is 21.9 Å². The van der Waals surface area contributed by atoms with Crippen LogP contribution in [0.25, 0.3) is 0 Å². The first kappa shape index (κ1) is 16.9. The van der Waals surface area contributed by atoms with Crippen molar-refractivity contribution in [1.82, 2.24) is 4.72 Å². The SMILES string of the molecule is CCC=C(C)C(=O)NS(=O)(=O)c1cccc(C(=O)OC)c1. The van der Waals surface area contributed by atoms with E-state index >= 15 is 0 Å². The molecule has 0 aliphatic rings. The third-order valence-electron chi connectivity index (χ3n) is 2.66. The molecule has 0 heterocycles. The van der Waals surface area contributed by atoms with Crippen molar-refractivity contribution in [2.24, 2.45) is 0 Å². The van der Waals surface area contributed by atoms with Gasteiger partial charge >= 0.3 is 5.97 Å². The van der Waals surface area contributed by atoms with Gasteiger partial charge in [-0.2, -0.15) is 0 Å². The van der Waals surface area contributed by atoms with Crippen LogP contribution in [0.1, 0.15) is 30.6 Å². The lowest BCUT2D eigenvalue weighted by molar-refractivity contribution is -0.115. The average Bonchev–Trinajstić information content (AvgIpc) is 2.46. The molecule has 114 valence electrons. The molecule has 6 nitrogen and oxygen atoms in total. The molecular formula is C14H17NO5S. The second-order valence-corrected chi connectivity index (χ2v) is 5.93. The lowest BCUT2D eigenvalue weighted by Crippen LogP contribution is -2.31. The predicted molar refractivity (Wildman–Crippen MR) is 77.2 cm³/mol. The Labute approximate surface area is 123 Å². The number of ether oxygens (including phenoxy) is 1. The van der Waals surface area contributed by atoms with Crippen molar-refractivity contribution < 1.29 is 22.7 Å². The first-order valence-electron chi connectivity index (χ1n) is 6.24. The number of carbonyl (C=O) groups is 2. The van der Waals surface area contributed by atoms with Gasteiger partial charge < -0.3 is 4.74 Å². The summed E-state index contributed by atoms with van der Waals surface area (Å²) in [6, 6.07) is 5.27. The molecule has 1 N–H and O–H groups in total. The molecule has 7 heteroatoms. The Morgan fingerprint density at radius 2 is 2.00 bits per heavy atom. The smallest absolute Gasteiger partial charge is 0.337 e. The summed E-state index contributed by atoms with van der Waals surface area (Å²) >= 11 is 0. The third kappa shape index (κ3) is 4.42. The van der Waals surface area contributed by atoms with E-state index in [1.54, 1.807) is 6.08 Å². The topological polar surface area (TPSA) is 89.5 Å². The zero-order valence-corrected chi connectivity index (χ0v) is 12.9. The van der Waals surface area contributed by atoms with Gasteiger partial charge in [0.2, 0.25) is 0 Å². The monoisotopic (exact) mass is 311 g/mol. The fourth-order valence-corrected chi connectivity index (χ4v) is 2.63. The molecule has 0 bridgehead atoms. The first-order valence-corrected chi connectivity index (χ1v) is 7.72. The first-order chi connectivity index (χ1) is 9.81. The van der Waals surface area contributed by atoms with E-state index in [2.05, 4.69) is 4.74 Å². The lowest BCUT2D eigenvalue weighted by Gasteiger charge is -2.08. The molecule has 1 rings (SSSR count). The molecular weight excluding hydrogens is 294 g/mol. The highest BCUT2D eigenvalue weighted by Crippen LogP contribution is 2.13. The molecule has 1 aromatic rings. The molecule has 21 heavy (non-hydrogen) atoms. The highest BCUT2D eigenvalue weighted by Gasteiger charge is 2.19. The number of esters is 1. The van der Waals surface area contributed by atoms with E-state index < -0.39 is 21.9 Å². The van der Waals surface area contributed by atoms with Crippen LogP contribution in [-0.4, -0.2) is 27.4 Å². The quantitative estimate of drug-likeness (QED) is 0.659. The lowest BCUT2D eigenvalue weighted by atomic mass is 10.2. The zero-order chi connectivity index (χ0) is 16.0. The molecule has 0 radical (unpaired) electrons. The number of rotatable bonds is 5. The molecule has 0 fully saturated rings. The van der Waals surface area contributed by atoms with Gasteiger partial charge in [0.1, 0.15) is 0 Å². The van der Waals surface area contributed by atoms with E-state index in [-0.39, 0.29) is 10.5 Å². The Morgan fingerprint density at radius 3 is 2.57 bits per heavy atom. The molecule has 0 saturated carbocycles. The fourth-order valence-electron chi connectivity index (χ4n) is 1.57. The summed E-state index contributed by atoms with van der Waals surface area (Å²) in [4.78, 5) is 23.0. The predicted octanol–water partition coefficient (Wildman–Crippen LogP) is 1.63. The van der Waals surface area contributed by atoms with Crippen molar-refractivity contribution in [2.75, 3.05) is 7.11 Å². The zero-order valence-electron chi connectivity index (χ0n) is 12.0. The van der Waals surface area contributed by atoms with Gasteiger partial charge in [0.05, 0.1) is 17.6 Å². The van der Waals surface area contributed by atoms with Gasteiger partial charge in [0.15, 0.2) is 0 Å². The van der Waals surface area contributed by atoms with Gasteiger partial charge in [-0.3, -0.25) is 4.79 Å². The van der Waals surface area contributed by atoms with Crippen LogP contribution in [0.5, 0.6) is 0 Å². The van der Waals surface area contributed by atoms with Crippen molar-refractivity contribution in [3.05, 3.63) is 41.5 Å². The Morgan fingerprint density at radius 1 is 1.33 bits per heavy atom. The average molecular weight is 311 g/mol. The normalized spacial score (nSPS) is 11.9. The minimum atomic E-state index is -4.04. The van der Waals surface area contributed by atoms with Crippen LogP contribution in [0.3, 0.4) is 0 Å². The second-order valence-electron chi connectivity index (χ2n) is 4.25. The summed E-state index contributed by atoms with van der Waals surface area (Å²) in [6.45, 7) is 3.37. The van der Waals surface area contributed by atoms with Gasteiger partial charge in [-0.1, -0.05) is 19.1 Å². The summed E-state index contributed by atoms with van der Waals surface area (Å²) in [5, 5.41) is 0. The molecule has 0 spiro atoms. The highest BCUT2D eigenvalue weighted by atomic mass is 32.2. The molecule has 1 aromatic carbocycles. The molecule has 0 aliphatic carbocycles. The van der Waals surface area contributed by atoms with Gasteiger partial charge in [-0.25, -0.2) is 17.9 Å². The Balaban J connectivity index is 3.06. The summed E-state index contributed by atoms with van der Waals surface area (Å²) in [6.07, 6.45) is 2.24. The van der Waals surface area contributed by atoms with Crippen LogP contribution < -0.4 is 4.72 Å². The maximum absolute atomic E-state index is 12.1. The molecule has 0 atom stereocenters. The van der Waals surface area contributed by atoms with Crippen LogP contribution in [0.2, 0.25) is 0 Å². The molecule has 1 amide bonds. The minimum absolute atomic E-state index is 0.0913. The Bertz CT molecular complexity index is 676. The van der Waals surface area contributed by atoms with Crippen molar-refractivity contribution in [1.29, 1.82) is 0 Å². The van der Waals surface area contributed by atoms with Crippen LogP contribution in [0.4, 0.5) is 0 Å². The summed E-state index contributed by atoms with van der Waals surface area (Å²) in [5.41, 5.74) is 0.402. The minimum Gasteiger partial charge on any atom is -0.465 e. The van der Waals surface area contributed by atoms with Crippen molar-refractivity contribution in [3.63, 3.8) is 0 Å². The number of carbonyl (C=O) groups excluding carboxylic acids is 2. The molecule has 0 unspecified atom stereocenters. The van der Waals surface area contributed by atoms with E-state index in [1.165, 1.54) is 32.2 Å². The third-order valence-corrected chi connectivity index (χ3v) is 3.99. The number of allylic oxidation sites excluding steroid dienone is 1. The number of benzene rings is 1. The number of hydrogen-bond acceptors (Lipinski definition) is 5. The molecule has 0 saturated heterocycles. The number of sulfonamides is 1. The number of nitrogens with one attached hydrogen (secondary N) is 1. The van der Waals surface area contributed by atoms with Crippen LogP contribution >= 0.6 is 0 Å². The number of hydrogen-bond donors (Lipinski definition) is 1. The largest absolute Gasteiger partial charge is 0.465 e. The van der Waals surface area contributed by atoms with Crippen molar-refractivity contribution in [3.8, 4) is 0 Å². The molecule has 0 aliphatic heterocycles. The Kier molecular flexibility index (Phi) is 5.66. The van der Waals surface area contributed by atoms with Crippen LogP contribution in [-0.2, 0) is 19.6 Å². The van der Waals surface area contributed by atoms with Gasteiger partial charge in [-0.15, -0.1) is 0 Å². The van der Waals surface area contributed by atoms with E-state index in [4.69, 9.17) is 0 Å². The van der Waals surface area contributed by atoms with Gasteiger partial charge in [0, 0.05) is 5.57 Å². The highest BCUT2D eigenvalue weighted by molar-refractivity contribution is 7.90. The Hall–Kier alpha value is -2.15. The fraction of sp³-hybridized carbons (Fsp3) is 0.286. The number of methoxy groups -OCH3 is 1. The van der Waals surface area contributed by atoms with Crippen molar-refractivity contribution in [2.45, 2.75) is 25.2 Å². The van der Waals surface area contributed by atoms with E-state index in [0.29, 0.717) is 12.0 Å². The summed E-state index contributed by atoms with van der Waals surface area (Å²) < 4.78 is 30.7. The molecule has 0 aromatic heterocycles. The van der Waals surface area contributed by atoms with E-state index in [0.717, 1.165) is 6.07 Å². The van der Waals surface area contributed by atoms with E-state index in [1.807, 2.05) is 11.6 Å². The maximum Gasteiger partial charge on any atom is 0.337 e. The summed E-state index contributed by atoms with van der Waals surface area (Å²) in [7, 11) is -2.84. The standard InChI is InChI=1S/C14H17NO5S/c1-4-6-10(2)13(16)15-21(18,19)12-8-5-7-11(9-12)14(17)20-3/h5-9H,4H2,1-3H3,(H,15,16). The van der Waals surface area contributed by atoms with Crippen LogP contribution in [0.15, 0.2) is 40.8 Å². The number of amides is 1. The van der Waals surface area contributed by atoms with Crippen LogP contribution in [0, 0.1) is 0 Å². The van der Waals surface area contributed by atoms with Gasteiger partial charge in [-0.05, 0) is 31.5 Å². The van der Waals surface area contributed by atoms with E-state index in [9.17, 15) is 18.0 Å². The second kappa shape index (κ2) is 7.03.